The Balaban J connectivity index is 2.42. The fraction of sp³-hybridized carbons (Fsp3) is 0.571. The number of hydrogen-bond donors (Lipinski definition) is 2. The van der Waals surface area contributed by atoms with Gasteiger partial charge in [0.15, 0.2) is 0 Å². The van der Waals surface area contributed by atoms with E-state index in [9.17, 15) is 12.8 Å². The van der Waals surface area contributed by atoms with E-state index in [2.05, 4.69) is 11.6 Å². The van der Waals surface area contributed by atoms with Gasteiger partial charge in [-0.05, 0) is 24.6 Å². The molecule has 0 aliphatic carbocycles. The summed E-state index contributed by atoms with van der Waals surface area (Å²) in [6, 6.07) is 3.58. The van der Waals surface area contributed by atoms with Crippen LogP contribution >= 0.6 is 0 Å². The Morgan fingerprint density at radius 2 is 1.80 bits per heavy atom. The number of nitrogens with one attached hydrogen (secondary N) is 1. The van der Waals surface area contributed by atoms with Crippen molar-refractivity contribution >= 4 is 15.7 Å². The smallest absolute Gasteiger partial charge is 0.243 e. The van der Waals surface area contributed by atoms with E-state index in [1.54, 1.807) is 0 Å². The Morgan fingerprint density at radius 1 is 1.15 bits per heavy atom. The first-order valence-corrected chi connectivity index (χ1v) is 8.50. The maximum atomic E-state index is 13.6. The van der Waals surface area contributed by atoms with Crippen molar-refractivity contribution in [2.75, 3.05) is 12.3 Å². The molecule has 0 aliphatic heterocycles. The molecule has 0 heterocycles. The number of halogens is 1. The summed E-state index contributed by atoms with van der Waals surface area (Å²) >= 11 is 0. The molecule has 3 N–H and O–H groups in total. The van der Waals surface area contributed by atoms with Crippen LogP contribution in [0.4, 0.5) is 10.1 Å². The summed E-state index contributed by atoms with van der Waals surface area (Å²) in [5.74, 6) is -0.819. The second-order valence-electron chi connectivity index (χ2n) is 4.86. The van der Waals surface area contributed by atoms with E-state index >= 15 is 0 Å². The Bertz CT molecular complexity index is 518. The third-order valence-electron chi connectivity index (χ3n) is 3.07. The van der Waals surface area contributed by atoms with Crippen LogP contribution < -0.4 is 10.5 Å². The van der Waals surface area contributed by atoms with Gasteiger partial charge in [0.2, 0.25) is 10.0 Å². The van der Waals surface area contributed by atoms with Crippen molar-refractivity contribution in [1.29, 1.82) is 0 Å². The molecular weight excluding hydrogens is 279 g/mol. The first-order chi connectivity index (χ1) is 9.47. The SMILES string of the molecule is CCCCCCCCNS(=O)(=O)c1ccc(N)cc1F. The summed E-state index contributed by atoms with van der Waals surface area (Å²) in [4.78, 5) is -0.349. The van der Waals surface area contributed by atoms with Crippen LogP contribution in [-0.2, 0) is 10.0 Å². The second kappa shape index (κ2) is 8.21. The summed E-state index contributed by atoms with van der Waals surface area (Å²) in [6.45, 7) is 2.48. The standard InChI is InChI=1S/C14H23FN2O2S/c1-2-3-4-5-6-7-10-17-20(18,19)14-9-8-12(16)11-13(14)15/h8-9,11,17H,2-7,10,16H2,1H3. The van der Waals surface area contributed by atoms with Crippen LogP contribution in [-0.4, -0.2) is 15.0 Å². The minimum atomic E-state index is -3.79. The van der Waals surface area contributed by atoms with Crippen LogP contribution in [0.15, 0.2) is 23.1 Å². The number of unbranched alkanes of at least 4 members (excludes halogenated alkanes) is 5. The normalized spacial score (nSPS) is 11.7. The van der Waals surface area contributed by atoms with Gasteiger partial charge in [0, 0.05) is 12.2 Å². The van der Waals surface area contributed by atoms with Crippen molar-refractivity contribution in [2.45, 2.75) is 50.3 Å². The minimum Gasteiger partial charge on any atom is -0.399 e. The number of benzene rings is 1. The molecule has 114 valence electrons. The van der Waals surface area contributed by atoms with Gasteiger partial charge in [-0.2, -0.15) is 0 Å². The van der Waals surface area contributed by atoms with Crippen LogP contribution in [0.2, 0.25) is 0 Å². The lowest BCUT2D eigenvalue weighted by Gasteiger charge is -2.08. The number of nitrogens with two attached hydrogens (primary N) is 1. The Morgan fingerprint density at radius 3 is 2.45 bits per heavy atom. The van der Waals surface area contributed by atoms with Gasteiger partial charge in [0.25, 0.3) is 0 Å². The van der Waals surface area contributed by atoms with Crippen molar-refractivity contribution in [1.82, 2.24) is 4.72 Å². The zero-order valence-electron chi connectivity index (χ0n) is 11.9. The number of sulfonamides is 1. The van der Waals surface area contributed by atoms with E-state index in [4.69, 9.17) is 5.73 Å². The van der Waals surface area contributed by atoms with E-state index < -0.39 is 15.8 Å². The lowest BCUT2D eigenvalue weighted by molar-refractivity contribution is 0.550. The quantitative estimate of drug-likeness (QED) is 0.544. The molecule has 0 saturated carbocycles. The molecule has 0 atom stereocenters. The van der Waals surface area contributed by atoms with E-state index in [0.29, 0.717) is 6.54 Å². The average Bonchev–Trinajstić information content (AvgIpc) is 2.37. The highest BCUT2D eigenvalue weighted by molar-refractivity contribution is 7.89. The van der Waals surface area contributed by atoms with Gasteiger partial charge in [-0.1, -0.05) is 39.0 Å². The third kappa shape index (κ3) is 5.46. The van der Waals surface area contributed by atoms with E-state index in [0.717, 1.165) is 25.3 Å². The molecule has 0 aromatic heterocycles. The molecule has 0 saturated heterocycles. The Kier molecular flexibility index (Phi) is 6.95. The number of rotatable bonds is 9. The fourth-order valence-electron chi connectivity index (χ4n) is 1.92. The predicted molar refractivity (Wildman–Crippen MR) is 79.4 cm³/mol. The molecule has 0 aliphatic rings. The Labute approximate surface area is 120 Å². The largest absolute Gasteiger partial charge is 0.399 e. The van der Waals surface area contributed by atoms with Gasteiger partial charge in [0.05, 0.1) is 0 Å². The molecule has 20 heavy (non-hydrogen) atoms. The van der Waals surface area contributed by atoms with E-state index in [1.807, 2.05) is 0 Å². The summed E-state index contributed by atoms with van der Waals surface area (Å²) in [7, 11) is -3.79. The zero-order chi connectivity index (χ0) is 15.0. The second-order valence-corrected chi connectivity index (χ2v) is 6.59. The number of hydrogen-bond acceptors (Lipinski definition) is 3. The van der Waals surface area contributed by atoms with Gasteiger partial charge in [-0.3, -0.25) is 0 Å². The van der Waals surface area contributed by atoms with Gasteiger partial charge in [-0.25, -0.2) is 17.5 Å². The zero-order valence-corrected chi connectivity index (χ0v) is 12.7. The van der Waals surface area contributed by atoms with Crippen molar-refractivity contribution < 1.29 is 12.8 Å². The maximum absolute atomic E-state index is 13.6. The van der Waals surface area contributed by atoms with Crippen LogP contribution in [0.5, 0.6) is 0 Å². The highest BCUT2D eigenvalue weighted by Crippen LogP contribution is 2.17. The molecule has 0 amide bonds. The molecule has 1 rings (SSSR count). The molecule has 0 bridgehead atoms. The molecule has 0 spiro atoms. The van der Waals surface area contributed by atoms with E-state index in [1.165, 1.54) is 31.4 Å². The van der Waals surface area contributed by atoms with Crippen LogP contribution in [0, 0.1) is 5.82 Å². The molecule has 0 fully saturated rings. The van der Waals surface area contributed by atoms with Gasteiger partial charge in [0.1, 0.15) is 10.7 Å². The molecule has 4 nitrogen and oxygen atoms in total. The lowest BCUT2D eigenvalue weighted by Crippen LogP contribution is -2.25. The van der Waals surface area contributed by atoms with Crippen molar-refractivity contribution in [3.63, 3.8) is 0 Å². The minimum absolute atomic E-state index is 0.206. The molecule has 6 heteroatoms. The molecule has 1 aromatic rings. The van der Waals surface area contributed by atoms with Gasteiger partial charge >= 0.3 is 0 Å². The number of anilines is 1. The lowest BCUT2D eigenvalue weighted by atomic mass is 10.1. The topological polar surface area (TPSA) is 72.2 Å². The summed E-state index contributed by atoms with van der Waals surface area (Å²) < 4.78 is 39.8. The highest BCUT2D eigenvalue weighted by atomic mass is 32.2. The third-order valence-corrected chi connectivity index (χ3v) is 4.56. The first kappa shape index (κ1) is 16.9. The van der Waals surface area contributed by atoms with Crippen LogP contribution in [0.1, 0.15) is 45.4 Å². The molecule has 0 radical (unpaired) electrons. The maximum Gasteiger partial charge on any atom is 0.243 e. The van der Waals surface area contributed by atoms with Crippen LogP contribution in [0.25, 0.3) is 0 Å². The van der Waals surface area contributed by atoms with Gasteiger partial charge < -0.3 is 5.73 Å². The summed E-state index contributed by atoms with van der Waals surface area (Å²) in [5.41, 5.74) is 5.60. The van der Waals surface area contributed by atoms with Crippen molar-refractivity contribution in [3.8, 4) is 0 Å². The fourth-order valence-corrected chi connectivity index (χ4v) is 3.06. The van der Waals surface area contributed by atoms with Crippen molar-refractivity contribution in [2.24, 2.45) is 0 Å². The average molecular weight is 302 g/mol. The molecule has 1 aromatic carbocycles. The van der Waals surface area contributed by atoms with E-state index in [-0.39, 0.29) is 10.6 Å². The summed E-state index contributed by atoms with van der Waals surface area (Å²) in [5, 5.41) is 0. The first-order valence-electron chi connectivity index (χ1n) is 7.02. The predicted octanol–water partition coefficient (Wildman–Crippen LogP) is 3.05. The molecular formula is C14H23FN2O2S. The molecule has 0 unspecified atom stereocenters. The Hall–Kier alpha value is -1.14. The highest BCUT2D eigenvalue weighted by Gasteiger charge is 2.18. The summed E-state index contributed by atoms with van der Waals surface area (Å²) in [6.07, 6.45) is 6.42. The van der Waals surface area contributed by atoms with Crippen molar-refractivity contribution in [3.05, 3.63) is 24.0 Å². The van der Waals surface area contributed by atoms with Gasteiger partial charge in [-0.15, -0.1) is 0 Å². The van der Waals surface area contributed by atoms with Crippen LogP contribution in [0.3, 0.4) is 0 Å². The number of nitrogen functional groups attached to an aromatic ring is 1. The monoisotopic (exact) mass is 302 g/mol.